The average molecular weight is 280 g/mol. The first-order valence-electron chi connectivity index (χ1n) is 6.44. The van der Waals surface area contributed by atoms with Gasteiger partial charge in [-0.2, -0.15) is 0 Å². The number of thiophene rings is 1. The molecule has 19 heavy (non-hydrogen) atoms. The van der Waals surface area contributed by atoms with Gasteiger partial charge in [0.15, 0.2) is 0 Å². The molecule has 1 aromatic rings. The van der Waals surface area contributed by atoms with Crippen molar-refractivity contribution in [1.82, 2.24) is 0 Å². The summed E-state index contributed by atoms with van der Waals surface area (Å²) >= 11 is 1.69. The topological polar surface area (TPSA) is 27.7 Å². The molecule has 2 heterocycles. The van der Waals surface area contributed by atoms with Gasteiger partial charge in [0.2, 0.25) is 0 Å². The first-order chi connectivity index (χ1) is 8.84. The predicted molar refractivity (Wildman–Crippen MR) is 80.1 cm³/mol. The number of methoxy groups -OCH3 is 1. The van der Waals surface area contributed by atoms with Crippen LogP contribution in [-0.2, 0) is 20.7 Å². The van der Waals surface area contributed by atoms with E-state index in [9.17, 15) is 0 Å². The van der Waals surface area contributed by atoms with Crippen molar-refractivity contribution in [3.63, 3.8) is 0 Å². The Morgan fingerprint density at radius 1 is 1.26 bits per heavy atom. The second-order valence-corrected chi connectivity index (χ2v) is 6.72. The maximum Gasteiger partial charge on any atom is 0.487 e. The molecule has 0 atom stereocenters. The standard InChI is InChI=1S/C14H21BO3S/c1-13(2)14(3,4)18-15(17-13)7-6-12-8-11(9-16-5)10-19-12/h6-8,10H,9H2,1-5H3/b7-6+. The van der Waals surface area contributed by atoms with Crippen LogP contribution in [0.2, 0.25) is 0 Å². The van der Waals surface area contributed by atoms with Crippen LogP contribution in [-0.4, -0.2) is 25.4 Å². The average Bonchev–Trinajstić information content (AvgIpc) is 2.80. The molecule has 1 saturated heterocycles. The van der Waals surface area contributed by atoms with Gasteiger partial charge in [0.1, 0.15) is 0 Å². The molecule has 1 aromatic heterocycles. The lowest BCUT2D eigenvalue weighted by Gasteiger charge is -2.32. The number of ether oxygens (including phenoxy) is 1. The largest absolute Gasteiger partial charge is 0.487 e. The molecule has 1 aliphatic rings. The zero-order chi connectivity index (χ0) is 14.1. The third-order valence-electron chi connectivity index (χ3n) is 3.67. The highest BCUT2D eigenvalue weighted by molar-refractivity contribution is 7.11. The summed E-state index contributed by atoms with van der Waals surface area (Å²) in [5.74, 6) is 1.97. The van der Waals surface area contributed by atoms with Gasteiger partial charge < -0.3 is 14.0 Å². The second-order valence-electron chi connectivity index (χ2n) is 5.77. The summed E-state index contributed by atoms with van der Waals surface area (Å²) in [6.45, 7) is 8.89. The van der Waals surface area contributed by atoms with Crippen LogP contribution in [0.3, 0.4) is 0 Å². The Hall–Kier alpha value is -0.615. The second kappa shape index (κ2) is 5.41. The van der Waals surface area contributed by atoms with Crippen LogP contribution in [0.5, 0.6) is 0 Å². The normalized spacial score (nSPS) is 21.4. The van der Waals surface area contributed by atoms with E-state index in [-0.39, 0.29) is 18.3 Å². The van der Waals surface area contributed by atoms with Gasteiger partial charge in [-0.05, 0) is 44.7 Å². The van der Waals surface area contributed by atoms with Gasteiger partial charge in [-0.25, -0.2) is 0 Å². The molecule has 0 amide bonds. The molecule has 0 aliphatic carbocycles. The Kier molecular flexibility index (Phi) is 4.21. The Balaban J connectivity index is 2.00. The molecule has 0 spiro atoms. The van der Waals surface area contributed by atoms with E-state index in [4.69, 9.17) is 14.0 Å². The highest BCUT2D eigenvalue weighted by atomic mass is 32.1. The molecule has 1 fully saturated rings. The third kappa shape index (κ3) is 3.29. The first-order valence-corrected chi connectivity index (χ1v) is 7.32. The Morgan fingerprint density at radius 2 is 1.89 bits per heavy atom. The lowest BCUT2D eigenvalue weighted by atomic mass is 9.90. The van der Waals surface area contributed by atoms with Gasteiger partial charge in [-0.15, -0.1) is 11.3 Å². The summed E-state index contributed by atoms with van der Waals surface area (Å²) in [5.41, 5.74) is 0.637. The Labute approximate surface area is 119 Å². The van der Waals surface area contributed by atoms with E-state index in [1.54, 1.807) is 18.4 Å². The van der Waals surface area contributed by atoms with Crippen molar-refractivity contribution < 1.29 is 14.0 Å². The maximum absolute atomic E-state index is 5.91. The summed E-state index contributed by atoms with van der Waals surface area (Å²) in [6, 6.07) is 2.12. The molecule has 3 nitrogen and oxygen atoms in total. The van der Waals surface area contributed by atoms with Crippen LogP contribution >= 0.6 is 11.3 Å². The van der Waals surface area contributed by atoms with E-state index in [0.29, 0.717) is 6.61 Å². The molecule has 0 saturated carbocycles. The van der Waals surface area contributed by atoms with Gasteiger partial charge in [-0.3, -0.25) is 0 Å². The molecule has 0 bridgehead atoms. The van der Waals surface area contributed by atoms with Crippen molar-refractivity contribution >= 4 is 24.5 Å². The van der Waals surface area contributed by atoms with Gasteiger partial charge in [0, 0.05) is 12.0 Å². The Bertz CT molecular complexity index is 449. The van der Waals surface area contributed by atoms with E-state index >= 15 is 0 Å². The maximum atomic E-state index is 5.91. The molecular formula is C14H21BO3S. The quantitative estimate of drug-likeness (QED) is 0.789. The highest BCUT2D eigenvalue weighted by Gasteiger charge is 2.49. The van der Waals surface area contributed by atoms with Crippen molar-refractivity contribution in [3.05, 3.63) is 27.9 Å². The highest BCUT2D eigenvalue weighted by Crippen LogP contribution is 2.37. The molecular weight excluding hydrogens is 259 g/mol. The van der Waals surface area contributed by atoms with Crippen molar-refractivity contribution in [2.45, 2.75) is 45.5 Å². The molecule has 0 radical (unpaired) electrons. The van der Waals surface area contributed by atoms with E-state index in [0.717, 1.165) is 0 Å². The lowest BCUT2D eigenvalue weighted by molar-refractivity contribution is 0.00578. The summed E-state index contributed by atoms with van der Waals surface area (Å²) in [7, 11) is 1.43. The summed E-state index contributed by atoms with van der Waals surface area (Å²) < 4.78 is 16.9. The zero-order valence-electron chi connectivity index (χ0n) is 12.2. The summed E-state index contributed by atoms with van der Waals surface area (Å²) in [4.78, 5) is 1.18. The minimum Gasteiger partial charge on any atom is -0.400 e. The smallest absolute Gasteiger partial charge is 0.400 e. The van der Waals surface area contributed by atoms with Gasteiger partial charge in [0.05, 0.1) is 17.8 Å². The third-order valence-corrected chi connectivity index (χ3v) is 4.62. The van der Waals surface area contributed by atoms with E-state index in [2.05, 4.69) is 39.1 Å². The fourth-order valence-corrected chi connectivity index (χ4v) is 2.66. The van der Waals surface area contributed by atoms with Gasteiger partial charge in [0.25, 0.3) is 0 Å². The molecule has 0 N–H and O–H groups in total. The van der Waals surface area contributed by atoms with Crippen LogP contribution in [0, 0.1) is 0 Å². The SMILES string of the molecule is COCc1csc(/C=C/B2OC(C)(C)C(C)(C)O2)c1. The number of hydrogen-bond donors (Lipinski definition) is 0. The summed E-state index contributed by atoms with van der Waals surface area (Å²) in [6.07, 6.45) is 2.05. The van der Waals surface area contributed by atoms with Crippen molar-refractivity contribution in [1.29, 1.82) is 0 Å². The first kappa shape index (κ1) is 14.8. The van der Waals surface area contributed by atoms with Crippen LogP contribution in [0.25, 0.3) is 6.08 Å². The zero-order valence-corrected chi connectivity index (χ0v) is 13.0. The lowest BCUT2D eigenvalue weighted by Crippen LogP contribution is -2.41. The van der Waals surface area contributed by atoms with E-state index < -0.39 is 0 Å². The fourth-order valence-electron chi connectivity index (χ4n) is 1.86. The predicted octanol–water partition coefficient (Wildman–Crippen LogP) is 3.54. The van der Waals surface area contributed by atoms with Crippen LogP contribution in [0.15, 0.2) is 17.4 Å². The molecule has 0 aromatic carbocycles. The minimum atomic E-state index is -0.280. The molecule has 5 heteroatoms. The van der Waals surface area contributed by atoms with Crippen LogP contribution < -0.4 is 0 Å². The van der Waals surface area contributed by atoms with E-state index in [1.807, 2.05) is 12.1 Å². The van der Waals surface area contributed by atoms with Gasteiger partial charge >= 0.3 is 7.12 Å². The van der Waals surface area contributed by atoms with Crippen molar-refractivity contribution in [2.24, 2.45) is 0 Å². The molecule has 2 rings (SSSR count). The van der Waals surface area contributed by atoms with Crippen LogP contribution in [0.1, 0.15) is 38.1 Å². The monoisotopic (exact) mass is 280 g/mol. The number of rotatable bonds is 4. The summed E-state index contributed by atoms with van der Waals surface area (Å²) in [5, 5.41) is 2.10. The fraction of sp³-hybridized carbons (Fsp3) is 0.571. The van der Waals surface area contributed by atoms with Crippen molar-refractivity contribution in [2.75, 3.05) is 7.11 Å². The molecule has 104 valence electrons. The van der Waals surface area contributed by atoms with Crippen LogP contribution in [0.4, 0.5) is 0 Å². The Morgan fingerprint density at radius 3 is 2.47 bits per heavy atom. The molecule has 0 unspecified atom stereocenters. The van der Waals surface area contributed by atoms with E-state index in [1.165, 1.54) is 10.4 Å². The molecule has 1 aliphatic heterocycles. The number of hydrogen-bond acceptors (Lipinski definition) is 4. The van der Waals surface area contributed by atoms with Crippen molar-refractivity contribution in [3.8, 4) is 0 Å². The van der Waals surface area contributed by atoms with Gasteiger partial charge in [-0.1, -0.05) is 12.1 Å². The minimum absolute atomic E-state index is 0.279.